The lowest BCUT2D eigenvalue weighted by atomic mass is 10.1. The molecule has 1 aliphatic rings. The van der Waals surface area contributed by atoms with Gasteiger partial charge in [0.2, 0.25) is 0 Å². The highest BCUT2D eigenvalue weighted by Gasteiger charge is 2.43. The smallest absolute Gasteiger partial charge is 0.493 e. The van der Waals surface area contributed by atoms with Gasteiger partial charge in [0.15, 0.2) is 23.0 Å². The first-order valence-electron chi connectivity index (χ1n) is 11.3. The van der Waals surface area contributed by atoms with Gasteiger partial charge in [-0.25, -0.2) is 0 Å². The Morgan fingerprint density at radius 1 is 0.842 bits per heavy atom. The van der Waals surface area contributed by atoms with Crippen LogP contribution in [0, 0.1) is 6.92 Å². The van der Waals surface area contributed by atoms with Gasteiger partial charge in [0.05, 0.1) is 31.6 Å². The Labute approximate surface area is 215 Å². The molecule has 0 atom stereocenters. The zero-order valence-electron chi connectivity index (χ0n) is 20.4. The van der Waals surface area contributed by atoms with Gasteiger partial charge in [0, 0.05) is 28.3 Å². The average Bonchev–Trinajstić information content (AvgIpc) is 3.21. The van der Waals surface area contributed by atoms with Crippen LogP contribution in [0.3, 0.4) is 0 Å². The number of rotatable bonds is 6. The maximum atomic E-state index is 13.3. The van der Waals surface area contributed by atoms with Gasteiger partial charge < -0.3 is 29.6 Å². The van der Waals surface area contributed by atoms with Gasteiger partial charge >= 0.3 is 6.29 Å². The first-order chi connectivity index (χ1) is 18.2. The summed E-state index contributed by atoms with van der Waals surface area (Å²) in [5, 5.41) is 6.22. The highest BCUT2D eigenvalue weighted by molar-refractivity contribution is 6.08. The molecule has 1 aliphatic heterocycles. The Kier molecular flexibility index (Phi) is 6.19. The number of alkyl halides is 2. The number of halogens is 2. The molecule has 3 aromatic carbocycles. The lowest BCUT2D eigenvalue weighted by Gasteiger charge is -2.12. The predicted octanol–water partition coefficient (Wildman–Crippen LogP) is 5.39. The van der Waals surface area contributed by atoms with Gasteiger partial charge in [-0.2, -0.15) is 0 Å². The van der Waals surface area contributed by atoms with Crippen LogP contribution in [0.15, 0.2) is 60.8 Å². The van der Waals surface area contributed by atoms with Crippen LogP contribution in [0.4, 0.5) is 20.2 Å². The SMILES string of the molecule is COc1cc2cc(NC(=O)c3cc(NC(=O)c4ccc5c(c4)OC(F)(F)O5)ccc3C)cnc2cc1OC. The Bertz CT molecular complexity index is 1590. The molecule has 2 heterocycles. The van der Waals surface area contributed by atoms with Crippen molar-refractivity contribution in [3.63, 3.8) is 0 Å². The van der Waals surface area contributed by atoms with Crippen LogP contribution in [-0.2, 0) is 0 Å². The number of hydrogen-bond donors (Lipinski definition) is 2. The molecule has 38 heavy (non-hydrogen) atoms. The molecule has 11 heteroatoms. The number of amides is 2. The third-order valence-electron chi connectivity index (χ3n) is 5.85. The number of fused-ring (bicyclic) bond motifs is 2. The van der Waals surface area contributed by atoms with Crippen LogP contribution in [0.25, 0.3) is 10.9 Å². The lowest BCUT2D eigenvalue weighted by molar-refractivity contribution is -0.286. The normalized spacial score (nSPS) is 13.2. The Hall–Kier alpha value is -4.93. The number of carbonyl (C=O) groups is 2. The number of benzene rings is 3. The van der Waals surface area contributed by atoms with Crippen molar-refractivity contribution >= 4 is 34.1 Å². The second kappa shape index (κ2) is 9.51. The lowest BCUT2D eigenvalue weighted by Crippen LogP contribution is -2.25. The van der Waals surface area contributed by atoms with E-state index in [2.05, 4.69) is 25.1 Å². The summed E-state index contributed by atoms with van der Waals surface area (Å²) in [5.41, 5.74) is 2.52. The van der Waals surface area contributed by atoms with Crippen molar-refractivity contribution in [2.75, 3.05) is 24.9 Å². The number of carbonyl (C=O) groups excluding carboxylic acids is 2. The Morgan fingerprint density at radius 3 is 2.32 bits per heavy atom. The van der Waals surface area contributed by atoms with Gasteiger partial charge in [-0.1, -0.05) is 6.07 Å². The van der Waals surface area contributed by atoms with Crippen LogP contribution in [0.1, 0.15) is 26.3 Å². The number of aromatic nitrogens is 1. The van der Waals surface area contributed by atoms with E-state index in [-0.39, 0.29) is 17.1 Å². The van der Waals surface area contributed by atoms with E-state index in [9.17, 15) is 18.4 Å². The minimum absolute atomic E-state index is 0.0749. The van der Waals surface area contributed by atoms with Crippen LogP contribution >= 0.6 is 0 Å². The summed E-state index contributed by atoms with van der Waals surface area (Å²) < 4.78 is 45.9. The van der Waals surface area contributed by atoms with Crippen molar-refractivity contribution in [1.29, 1.82) is 0 Å². The van der Waals surface area contributed by atoms with Gasteiger partial charge in [-0.15, -0.1) is 8.78 Å². The summed E-state index contributed by atoms with van der Waals surface area (Å²) in [4.78, 5) is 30.2. The molecule has 0 saturated heterocycles. The number of hydrogen-bond acceptors (Lipinski definition) is 7. The number of ether oxygens (including phenoxy) is 4. The zero-order valence-corrected chi connectivity index (χ0v) is 20.4. The highest BCUT2D eigenvalue weighted by atomic mass is 19.3. The molecule has 0 spiro atoms. The van der Waals surface area contributed by atoms with E-state index in [4.69, 9.17) is 9.47 Å². The first kappa shape index (κ1) is 24.8. The summed E-state index contributed by atoms with van der Waals surface area (Å²) in [7, 11) is 3.07. The third-order valence-corrected chi connectivity index (χ3v) is 5.85. The van der Waals surface area contributed by atoms with Crippen molar-refractivity contribution in [3.8, 4) is 23.0 Å². The summed E-state index contributed by atoms with van der Waals surface area (Å²) in [6.45, 7) is 1.76. The minimum atomic E-state index is -3.78. The molecule has 4 aromatic rings. The summed E-state index contributed by atoms with van der Waals surface area (Å²) in [6.07, 6.45) is -2.26. The van der Waals surface area contributed by atoms with Crippen LogP contribution < -0.4 is 29.6 Å². The largest absolute Gasteiger partial charge is 0.586 e. The van der Waals surface area contributed by atoms with Crippen molar-refractivity contribution in [2.45, 2.75) is 13.2 Å². The second-order valence-corrected chi connectivity index (χ2v) is 8.39. The van der Waals surface area contributed by atoms with Crippen molar-refractivity contribution in [2.24, 2.45) is 0 Å². The van der Waals surface area contributed by atoms with E-state index in [0.717, 1.165) is 11.5 Å². The molecule has 2 amide bonds. The second-order valence-electron chi connectivity index (χ2n) is 8.39. The molecular formula is C27H21F2N3O6. The summed E-state index contributed by atoms with van der Waals surface area (Å²) in [6, 6.07) is 13.8. The van der Waals surface area contributed by atoms with Crippen LogP contribution in [0.5, 0.6) is 23.0 Å². The third kappa shape index (κ3) is 4.85. The molecule has 1 aromatic heterocycles. The van der Waals surface area contributed by atoms with E-state index in [1.54, 1.807) is 37.3 Å². The fourth-order valence-corrected chi connectivity index (χ4v) is 3.96. The fraction of sp³-hybridized carbons (Fsp3) is 0.148. The van der Waals surface area contributed by atoms with E-state index >= 15 is 0 Å². The van der Waals surface area contributed by atoms with Gasteiger partial charge in [0.1, 0.15) is 0 Å². The molecule has 0 radical (unpaired) electrons. The molecule has 0 bridgehead atoms. The van der Waals surface area contributed by atoms with E-state index in [1.807, 2.05) is 0 Å². The summed E-state index contributed by atoms with van der Waals surface area (Å²) in [5.74, 6) is -0.332. The van der Waals surface area contributed by atoms with Crippen LogP contribution in [0.2, 0.25) is 0 Å². The quantitative estimate of drug-likeness (QED) is 0.350. The molecule has 194 valence electrons. The average molecular weight is 521 g/mol. The maximum Gasteiger partial charge on any atom is 0.586 e. The zero-order chi connectivity index (χ0) is 27.0. The predicted molar refractivity (Wildman–Crippen MR) is 135 cm³/mol. The van der Waals surface area contributed by atoms with Gasteiger partial charge in [-0.05, 0) is 55.0 Å². The molecule has 0 saturated carbocycles. The molecule has 2 N–H and O–H groups in total. The van der Waals surface area contributed by atoms with Gasteiger partial charge in [-0.3, -0.25) is 14.6 Å². The van der Waals surface area contributed by atoms with Crippen molar-refractivity contribution in [1.82, 2.24) is 4.98 Å². The van der Waals surface area contributed by atoms with Crippen LogP contribution in [-0.4, -0.2) is 37.3 Å². The Balaban J connectivity index is 1.33. The standard InChI is InChI=1S/C27H21F2N3O6/c1-14-4-6-17(31-25(33)15-5-7-21-24(9-15)38-27(28,29)37-21)11-19(14)26(34)32-18-8-16-10-22(35-2)23(36-3)12-20(16)30-13-18/h4-13H,1-3H3,(H,31,33)(H,32,34). The minimum Gasteiger partial charge on any atom is -0.493 e. The number of nitrogens with one attached hydrogen (secondary N) is 2. The molecule has 0 aliphatic carbocycles. The van der Waals surface area contributed by atoms with E-state index < -0.39 is 18.1 Å². The fourth-order valence-electron chi connectivity index (χ4n) is 3.96. The number of nitrogens with zero attached hydrogens (tertiary/aromatic N) is 1. The maximum absolute atomic E-state index is 13.3. The van der Waals surface area contributed by atoms with E-state index in [0.29, 0.717) is 39.5 Å². The molecular weight excluding hydrogens is 500 g/mol. The highest BCUT2D eigenvalue weighted by Crippen LogP contribution is 2.41. The first-order valence-corrected chi connectivity index (χ1v) is 11.3. The molecule has 0 fully saturated rings. The Morgan fingerprint density at radius 2 is 1.55 bits per heavy atom. The number of aryl methyl sites for hydroxylation is 1. The number of methoxy groups -OCH3 is 2. The van der Waals surface area contributed by atoms with Gasteiger partial charge in [0.25, 0.3) is 11.8 Å². The van der Waals surface area contributed by atoms with Crippen molar-refractivity contribution < 1.29 is 37.3 Å². The number of pyridine rings is 1. The van der Waals surface area contributed by atoms with Crippen molar-refractivity contribution in [3.05, 3.63) is 77.5 Å². The monoisotopic (exact) mass is 521 g/mol. The summed E-state index contributed by atoms with van der Waals surface area (Å²) >= 11 is 0. The van der Waals surface area contributed by atoms with E-state index in [1.165, 1.54) is 38.6 Å². The number of anilines is 2. The molecule has 9 nitrogen and oxygen atoms in total. The molecule has 0 unspecified atom stereocenters. The topological polar surface area (TPSA) is 108 Å². The molecule has 5 rings (SSSR count).